The quantitative estimate of drug-likeness (QED) is 0.897. The molecular weight excluding hydrogens is 226 g/mol. The summed E-state index contributed by atoms with van der Waals surface area (Å²) in [5.74, 6) is 0.807. The highest BCUT2D eigenvalue weighted by atomic mass is 16.5. The summed E-state index contributed by atoms with van der Waals surface area (Å²) in [6.07, 6.45) is 3.52. The van der Waals surface area contributed by atoms with E-state index in [1.807, 2.05) is 37.3 Å². The highest BCUT2D eigenvalue weighted by Gasteiger charge is 2.10. The Kier molecular flexibility index (Phi) is 3.95. The van der Waals surface area contributed by atoms with Gasteiger partial charge in [-0.2, -0.15) is 0 Å². The van der Waals surface area contributed by atoms with Crippen LogP contribution in [0.5, 0.6) is 5.75 Å². The molecule has 1 aromatic heterocycles. The molecule has 0 saturated heterocycles. The fourth-order valence-electron chi connectivity index (χ4n) is 1.90. The van der Waals surface area contributed by atoms with E-state index in [9.17, 15) is 5.11 Å². The number of aliphatic hydroxyl groups excluding tert-OH is 1. The molecule has 2 aromatic rings. The SMILES string of the molecule is COc1cc(C(O)Cc2ccncc2)ccc1C. The summed E-state index contributed by atoms with van der Waals surface area (Å²) < 4.78 is 5.26. The number of benzene rings is 1. The predicted octanol–water partition coefficient (Wildman–Crippen LogP) is 2.67. The summed E-state index contributed by atoms with van der Waals surface area (Å²) >= 11 is 0. The standard InChI is InChI=1S/C15H17NO2/c1-11-3-4-13(10-15(11)18-2)14(17)9-12-5-7-16-8-6-12/h3-8,10,14,17H,9H2,1-2H3. The fourth-order valence-corrected chi connectivity index (χ4v) is 1.90. The van der Waals surface area contributed by atoms with Crippen molar-refractivity contribution >= 4 is 0 Å². The number of methoxy groups -OCH3 is 1. The minimum absolute atomic E-state index is 0.526. The lowest BCUT2D eigenvalue weighted by Gasteiger charge is -2.13. The van der Waals surface area contributed by atoms with E-state index in [-0.39, 0.29) is 0 Å². The van der Waals surface area contributed by atoms with Gasteiger partial charge >= 0.3 is 0 Å². The van der Waals surface area contributed by atoms with Crippen molar-refractivity contribution in [2.75, 3.05) is 7.11 Å². The fraction of sp³-hybridized carbons (Fsp3) is 0.267. The smallest absolute Gasteiger partial charge is 0.122 e. The van der Waals surface area contributed by atoms with Crippen molar-refractivity contribution in [1.82, 2.24) is 4.98 Å². The van der Waals surface area contributed by atoms with Crippen molar-refractivity contribution in [1.29, 1.82) is 0 Å². The second-order valence-corrected chi connectivity index (χ2v) is 4.30. The maximum atomic E-state index is 10.2. The first kappa shape index (κ1) is 12.6. The Labute approximate surface area is 107 Å². The molecule has 1 unspecified atom stereocenters. The Hall–Kier alpha value is -1.87. The van der Waals surface area contributed by atoms with Crippen LogP contribution >= 0.6 is 0 Å². The second kappa shape index (κ2) is 5.65. The van der Waals surface area contributed by atoms with Crippen LogP contribution in [-0.4, -0.2) is 17.2 Å². The molecule has 18 heavy (non-hydrogen) atoms. The zero-order chi connectivity index (χ0) is 13.0. The minimum atomic E-state index is -0.526. The molecule has 0 spiro atoms. The summed E-state index contributed by atoms with van der Waals surface area (Å²) in [6.45, 7) is 1.98. The van der Waals surface area contributed by atoms with Crippen LogP contribution in [-0.2, 0) is 6.42 Å². The monoisotopic (exact) mass is 243 g/mol. The second-order valence-electron chi connectivity index (χ2n) is 4.30. The Bertz CT molecular complexity index is 511. The van der Waals surface area contributed by atoms with Crippen LogP contribution in [0.1, 0.15) is 22.8 Å². The van der Waals surface area contributed by atoms with Gasteiger partial charge in [-0.05, 0) is 41.8 Å². The summed E-state index contributed by atoms with van der Waals surface area (Å²) in [7, 11) is 1.64. The molecule has 0 aliphatic rings. The molecule has 1 aromatic carbocycles. The van der Waals surface area contributed by atoms with Gasteiger partial charge in [-0.25, -0.2) is 0 Å². The first-order valence-electron chi connectivity index (χ1n) is 5.92. The zero-order valence-corrected chi connectivity index (χ0v) is 10.6. The molecule has 0 saturated carbocycles. The van der Waals surface area contributed by atoms with Crippen molar-refractivity contribution in [2.45, 2.75) is 19.4 Å². The third-order valence-corrected chi connectivity index (χ3v) is 3.00. The van der Waals surface area contributed by atoms with Crippen LogP contribution in [0.25, 0.3) is 0 Å². The molecule has 0 aliphatic heterocycles. The number of nitrogens with zero attached hydrogens (tertiary/aromatic N) is 1. The highest BCUT2D eigenvalue weighted by Crippen LogP contribution is 2.25. The number of hydrogen-bond acceptors (Lipinski definition) is 3. The number of rotatable bonds is 4. The van der Waals surface area contributed by atoms with Gasteiger partial charge in [-0.15, -0.1) is 0 Å². The summed E-state index contributed by atoms with van der Waals surface area (Å²) in [5.41, 5.74) is 3.00. The normalized spacial score (nSPS) is 12.2. The van der Waals surface area contributed by atoms with Gasteiger partial charge in [0.15, 0.2) is 0 Å². The van der Waals surface area contributed by atoms with Crippen LogP contribution in [0.4, 0.5) is 0 Å². The third-order valence-electron chi connectivity index (χ3n) is 3.00. The van der Waals surface area contributed by atoms with Gasteiger partial charge in [0.05, 0.1) is 13.2 Å². The molecule has 0 amide bonds. The van der Waals surface area contributed by atoms with Crippen LogP contribution in [0.15, 0.2) is 42.7 Å². The molecule has 3 heteroatoms. The van der Waals surface area contributed by atoms with Gasteiger partial charge in [-0.1, -0.05) is 12.1 Å². The van der Waals surface area contributed by atoms with Crippen molar-refractivity contribution in [3.8, 4) is 5.75 Å². The molecule has 0 radical (unpaired) electrons. The van der Waals surface area contributed by atoms with E-state index < -0.39 is 6.10 Å². The Morgan fingerprint density at radius 3 is 2.61 bits per heavy atom. The van der Waals surface area contributed by atoms with Gasteiger partial charge in [0.2, 0.25) is 0 Å². The number of hydrogen-bond donors (Lipinski definition) is 1. The lowest BCUT2D eigenvalue weighted by atomic mass is 10.0. The predicted molar refractivity (Wildman–Crippen MR) is 70.6 cm³/mol. The van der Waals surface area contributed by atoms with Gasteiger partial charge in [0.25, 0.3) is 0 Å². The Balaban J connectivity index is 2.16. The molecule has 1 N–H and O–H groups in total. The van der Waals surface area contributed by atoms with Crippen LogP contribution in [0.2, 0.25) is 0 Å². The number of aromatic nitrogens is 1. The molecule has 2 rings (SSSR count). The molecule has 1 heterocycles. The minimum Gasteiger partial charge on any atom is -0.496 e. The van der Waals surface area contributed by atoms with Crippen molar-refractivity contribution in [2.24, 2.45) is 0 Å². The van der Waals surface area contributed by atoms with Gasteiger partial charge in [0, 0.05) is 18.8 Å². The molecule has 94 valence electrons. The van der Waals surface area contributed by atoms with E-state index in [0.717, 1.165) is 22.4 Å². The molecule has 0 aliphatic carbocycles. The van der Waals surface area contributed by atoms with E-state index in [2.05, 4.69) is 4.98 Å². The van der Waals surface area contributed by atoms with Gasteiger partial charge < -0.3 is 9.84 Å². The van der Waals surface area contributed by atoms with E-state index in [1.165, 1.54) is 0 Å². The van der Waals surface area contributed by atoms with E-state index in [1.54, 1.807) is 19.5 Å². The van der Waals surface area contributed by atoms with Crippen molar-refractivity contribution in [3.05, 3.63) is 59.4 Å². The van der Waals surface area contributed by atoms with Crippen LogP contribution in [0, 0.1) is 6.92 Å². The topological polar surface area (TPSA) is 42.4 Å². The maximum absolute atomic E-state index is 10.2. The van der Waals surface area contributed by atoms with E-state index in [0.29, 0.717) is 6.42 Å². The van der Waals surface area contributed by atoms with Gasteiger partial charge in [0.1, 0.15) is 5.75 Å². The molecular formula is C15H17NO2. The molecule has 0 fully saturated rings. The summed E-state index contributed by atoms with van der Waals surface area (Å²) in [6, 6.07) is 9.61. The van der Waals surface area contributed by atoms with Crippen molar-refractivity contribution in [3.63, 3.8) is 0 Å². The van der Waals surface area contributed by atoms with E-state index >= 15 is 0 Å². The molecule has 1 atom stereocenters. The first-order chi connectivity index (χ1) is 8.70. The number of ether oxygens (including phenoxy) is 1. The molecule has 3 nitrogen and oxygen atoms in total. The lowest BCUT2D eigenvalue weighted by molar-refractivity contribution is 0.178. The highest BCUT2D eigenvalue weighted by molar-refractivity contribution is 5.37. The molecule has 0 bridgehead atoms. The summed E-state index contributed by atoms with van der Waals surface area (Å²) in [5, 5.41) is 10.2. The number of aryl methyl sites for hydroxylation is 1. The zero-order valence-electron chi connectivity index (χ0n) is 10.6. The Morgan fingerprint density at radius 1 is 1.22 bits per heavy atom. The third kappa shape index (κ3) is 2.87. The van der Waals surface area contributed by atoms with E-state index in [4.69, 9.17) is 4.74 Å². The average Bonchev–Trinajstić information content (AvgIpc) is 2.40. The van der Waals surface area contributed by atoms with Gasteiger partial charge in [-0.3, -0.25) is 4.98 Å². The average molecular weight is 243 g/mol. The maximum Gasteiger partial charge on any atom is 0.122 e. The lowest BCUT2D eigenvalue weighted by Crippen LogP contribution is -2.02. The number of aliphatic hydroxyl groups is 1. The Morgan fingerprint density at radius 2 is 1.94 bits per heavy atom. The van der Waals surface area contributed by atoms with Crippen molar-refractivity contribution < 1.29 is 9.84 Å². The summed E-state index contributed by atoms with van der Waals surface area (Å²) in [4.78, 5) is 3.96. The largest absolute Gasteiger partial charge is 0.496 e. The van der Waals surface area contributed by atoms with Crippen LogP contribution < -0.4 is 4.74 Å². The number of pyridine rings is 1. The first-order valence-corrected chi connectivity index (χ1v) is 5.92. The van der Waals surface area contributed by atoms with Crippen LogP contribution in [0.3, 0.4) is 0 Å².